The van der Waals surface area contributed by atoms with Crippen molar-refractivity contribution in [3.63, 3.8) is 0 Å². The number of rotatable bonds is 6. The van der Waals surface area contributed by atoms with Crippen LogP contribution in [0.3, 0.4) is 0 Å². The number of hydrogen-bond donors (Lipinski definition) is 3. The molecule has 8 bridgehead atoms. The fourth-order valence-corrected chi connectivity index (χ4v) is 8.47. The van der Waals surface area contributed by atoms with Crippen LogP contribution in [0.2, 0.25) is 0 Å². The second-order valence-corrected chi connectivity index (χ2v) is 14.6. The van der Waals surface area contributed by atoms with Gasteiger partial charge in [0.1, 0.15) is 0 Å². The molecule has 0 saturated carbocycles. The van der Waals surface area contributed by atoms with E-state index in [0.717, 1.165) is 112 Å². The predicted octanol–water partition coefficient (Wildman–Crippen LogP) is 9.72. The van der Waals surface area contributed by atoms with Crippen LogP contribution >= 0.6 is 0 Å². The molecule has 7 aromatic rings. The minimum absolute atomic E-state index is 0.857. The second-order valence-electron chi connectivity index (χ2n) is 14.6. The summed E-state index contributed by atoms with van der Waals surface area (Å²) in [7, 11) is 0. The first-order valence-electron chi connectivity index (χ1n) is 19.8. The molecule has 6 nitrogen and oxygen atoms in total. The van der Waals surface area contributed by atoms with E-state index < -0.39 is 0 Å². The standard InChI is InChI=1S/C53H36N6/c1-5-15-34(16-6-1)48-38-33-47(59-53(38)52(39-23-13-31-54-39)40-24-14-32-55-40)51(37-21-11-4-12-22-37)46-30-29-45(58-46)50(36-19-9-3-10-20-36)44-28-27-43(57-44)49(35-17-7-2-8-18-35)42-26-25-41(48)56-42/h1-33,54,57,59H/b48-41?,49-43?,50-44?,51-46?,52-40+. The summed E-state index contributed by atoms with van der Waals surface area (Å²) in [5, 5.41) is 1.94. The second kappa shape index (κ2) is 14.4. The molecule has 0 fully saturated rings. The first-order chi connectivity index (χ1) is 29.3. The SMILES string of the molecule is C1=C/C(=C(/c2ccc[nH]2)c2[nH]c3cc2C(c2ccccc2)=C2C=CC(=N2)C(c2ccccc2)=c2ccc([nH]2)=C(c2ccccc2)C2=NC(=C3c3ccccc3)C=C2)N=C1. The minimum atomic E-state index is 0.857. The van der Waals surface area contributed by atoms with Gasteiger partial charge in [-0.15, -0.1) is 0 Å². The quantitative estimate of drug-likeness (QED) is 0.151. The molecule has 4 aromatic carbocycles. The van der Waals surface area contributed by atoms with Gasteiger partial charge in [0.05, 0.1) is 34.2 Å². The molecule has 0 unspecified atom stereocenters. The van der Waals surface area contributed by atoms with Crippen molar-refractivity contribution in [2.45, 2.75) is 0 Å². The Labute approximate surface area is 341 Å². The summed E-state index contributed by atoms with van der Waals surface area (Å²) in [6, 6.07) is 52.9. The molecule has 0 spiro atoms. The van der Waals surface area contributed by atoms with Crippen LogP contribution < -0.4 is 10.7 Å². The number of nitrogens with zero attached hydrogens (tertiary/aromatic N) is 3. The van der Waals surface area contributed by atoms with Gasteiger partial charge in [0, 0.05) is 67.9 Å². The molecule has 0 aliphatic carbocycles. The Bertz CT molecular complexity index is 3180. The van der Waals surface area contributed by atoms with Crippen LogP contribution in [0.1, 0.15) is 44.9 Å². The number of aromatic amines is 3. The number of nitrogens with one attached hydrogen (secondary N) is 3. The highest BCUT2D eigenvalue weighted by molar-refractivity contribution is 6.31. The van der Waals surface area contributed by atoms with Crippen LogP contribution in [-0.4, -0.2) is 32.6 Å². The highest BCUT2D eigenvalue weighted by Gasteiger charge is 2.28. The van der Waals surface area contributed by atoms with Crippen molar-refractivity contribution in [3.8, 4) is 0 Å². The van der Waals surface area contributed by atoms with E-state index in [0.29, 0.717) is 0 Å². The lowest BCUT2D eigenvalue weighted by Gasteiger charge is -2.14. The third-order valence-electron chi connectivity index (χ3n) is 11.1. The van der Waals surface area contributed by atoms with Crippen LogP contribution in [-0.2, 0) is 0 Å². The van der Waals surface area contributed by atoms with Crippen molar-refractivity contribution >= 4 is 45.5 Å². The third kappa shape index (κ3) is 6.11. The Hall–Kier alpha value is -8.09. The first kappa shape index (κ1) is 34.2. The Morgan fingerprint density at radius 3 is 1.49 bits per heavy atom. The Balaban J connectivity index is 1.32. The number of fused-ring (bicyclic) bond motifs is 6. The van der Waals surface area contributed by atoms with Crippen LogP contribution in [0.4, 0.5) is 0 Å². The zero-order valence-electron chi connectivity index (χ0n) is 31.9. The average Bonchev–Trinajstić information content (AvgIpc) is 4.14. The first-order valence-corrected chi connectivity index (χ1v) is 19.8. The lowest BCUT2D eigenvalue weighted by molar-refractivity contribution is 1.24. The maximum Gasteiger partial charge on any atom is 0.0744 e. The number of aliphatic imine (C=N–C) groups is 3. The van der Waals surface area contributed by atoms with Gasteiger partial charge >= 0.3 is 0 Å². The van der Waals surface area contributed by atoms with E-state index in [1.807, 2.05) is 24.6 Å². The molecule has 59 heavy (non-hydrogen) atoms. The van der Waals surface area contributed by atoms with E-state index in [1.54, 1.807) is 0 Å². The largest absolute Gasteiger partial charge is 0.361 e. The molecule has 4 aliphatic rings. The minimum Gasteiger partial charge on any atom is -0.361 e. The van der Waals surface area contributed by atoms with Gasteiger partial charge in [0.2, 0.25) is 0 Å². The van der Waals surface area contributed by atoms with Crippen molar-refractivity contribution in [2.24, 2.45) is 15.0 Å². The fraction of sp³-hybridized carbons (Fsp3) is 0. The summed E-state index contributed by atoms with van der Waals surface area (Å²) in [4.78, 5) is 27.3. The van der Waals surface area contributed by atoms with Crippen LogP contribution in [0.5, 0.6) is 0 Å². The highest BCUT2D eigenvalue weighted by atomic mass is 14.8. The fourth-order valence-electron chi connectivity index (χ4n) is 8.47. The lowest BCUT2D eigenvalue weighted by atomic mass is 9.91. The summed E-state index contributed by atoms with van der Waals surface area (Å²) in [5.41, 5.74) is 17.3. The normalized spacial score (nSPS) is 16.4. The van der Waals surface area contributed by atoms with E-state index in [1.165, 1.54) is 0 Å². The molecule has 0 saturated heterocycles. The predicted molar refractivity (Wildman–Crippen MR) is 241 cm³/mol. The van der Waals surface area contributed by atoms with Gasteiger partial charge in [-0.1, -0.05) is 121 Å². The molecule has 3 aromatic heterocycles. The topological polar surface area (TPSA) is 84.5 Å². The van der Waals surface area contributed by atoms with Gasteiger partial charge in [-0.2, -0.15) is 0 Å². The van der Waals surface area contributed by atoms with Crippen molar-refractivity contribution in [1.29, 1.82) is 0 Å². The number of hydrogen-bond acceptors (Lipinski definition) is 3. The van der Waals surface area contributed by atoms with Gasteiger partial charge in [-0.05, 0) is 89.0 Å². The summed E-state index contributed by atoms with van der Waals surface area (Å²) in [6.07, 6.45) is 16.4. The average molecular weight is 757 g/mol. The number of allylic oxidation sites excluding steroid dienone is 6. The molecule has 7 heterocycles. The molecular formula is C53H36N6. The maximum absolute atomic E-state index is 5.55. The summed E-state index contributed by atoms with van der Waals surface area (Å²) >= 11 is 0. The molecule has 11 rings (SSSR count). The van der Waals surface area contributed by atoms with Gasteiger partial charge in [0.15, 0.2) is 0 Å². The van der Waals surface area contributed by atoms with Crippen LogP contribution in [0.15, 0.2) is 226 Å². The van der Waals surface area contributed by atoms with Crippen LogP contribution in [0, 0.1) is 0 Å². The summed E-state index contributed by atoms with van der Waals surface area (Å²) in [5.74, 6) is 0. The lowest BCUT2D eigenvalue weighted by Crippen LogP contribution is -2.21. The van der Waals surface area contributed by atoms with Gasteiger partial charge in [0.25, 0.3) is 0 Å². The van der Waals surface area contributed by atoms with E-state index >= 15 is 0 Å². The Kier molecular flexibility index (Phi) is 8.37. The molecule has 6 heteroatoms. The zero-order valence-corrected chi connectivity index (χ0v) is 31.9. The molecule has 4 aliphatic heterocycles. The Morgan fingerprint density at radius 1 is 0.458 bits per heavy atom. The van der Waals surface area contributed by atoms with Crippen molar-refractivity contribution in [2.75, 3.05) is 0 Å². The van der Waals surface area contributed by atoms with E-state index in [2.05, 4.69) is 191 Å². The van der Waals surface area contributed by atoms with Gasteiger partial charge in [-0.25, -0.2) is 9.98 Å². The molecule has 0 amide bonds. The maximum atomic E-state index is 5.55. The number of aromatic nitrogens is 3. The van der Waals surface area contributed by atoms with Gasteiger partial charge < -0.3 is 15.0 Å². The number of H-pyrrole nitrogens is 3. The third-order valence-corrected chi connectivity index (χ3v) is 11.1. The smallest absolute Gasteiger partial charge is 0.0744 e. The Morgan fingerprint density at radius 2 is 0.983 bits per heavy atom. The van der Waals surface area contributed by atoms with E-state index in [4.69, 9.17) is 15.0 Å². The zero-order chi connectivity index (χ0) is 39.1. The number of benzene rings is 4. The van der Waals surface area contributed by atoms with Crippen molar-refractivity contribution in [1.82, 2.24) is 15.0 Å². The molecule has 0 atom stereocenters. The van der Waals surface area contributed by atoms with Crippen LogP contribution in [0.25, 0.3) is 27.9 Å². The van der Waals surface area contributed by atoms with E-state index in [-0.39, 0.29) is 0 Å². The monoisotopic (exact) mass is 756 g/mol. The van der Waals surface area contributed by atoms with E-state index in [9.17, 15) is 0 Å². The van der Waals surface area contributed by atoms with Crippen molar-refractivity contribution < 1.29 is 0 Å². The summed E-state index contributed by atoms with van der Waals surface area (Å²) in [6.45, 7) is 0. The summed E-state index contributed by atoms with van der Waals surface area (Å²) < 4.78 is 0. The molecular weight excluding hydrogens is 721 g/mol. The highest BCUT2D eigenvalue weighted by Crippen LogP contribution is 2.42. The van der Waals surface area contributed by atoms with Crippen molar-refractivity contribution in [3.05, 3.63) is 267 Å². The molecule has 3 N–H and O–H groups in total. The molecule has 278 valence electrons. The molecule has 0 radical (unpaired) electrons. The van der Waals surface area contributed by atoms with Gasteiger partial charge in [-0.3, -0.25) is 4.99 Å².